The average molecular weight is 379 g/mol. The van der Waals surface area contributed by atoms with Crippen molar-refractivity contribution in [3.05, 3.63) is 54.0 Å². The van der Waals surface area contributed by atoms with Gasteiger partial charge in [-0.1, -0.05) is 12.0 Å². The van der Waals surface area contributed by atoms with E-state index in [0.717, 1.165) is 12.8 Å². The Kier molecular flexibility index (Phi) is 6.12. The molecule has 0 saturated carbocycles. The largest absolute Gasteiger partial charge is 0.459 e. The van der Waals surface area contributed by atoms with E-state index < -0.39 is 6.04 Å². The highest BCUT2D eigenvalue weighted by atomic mass is 16.3. The lowest BCUT2D eigenvalue weighted by Gasteiger charge is -2.34. The van der Waals surface area contributed by atoms with Gasteiger partial charge in [-0.2, -0.15) is 0 Å². The second-order valence-electron chi connectivity index (χ2n) is 6.48. The molecule has 3 rings (SSSR count). The molecule has 0 radical (unpaired) electrons. The molecular weight excluding hydrogens is 358 g/mol. The lowest BCUT2D eigenvalue weighted by molar-refractivity contribution is -0.128. The molecule has 144 valence electrons. The molecule has 0 bridgehead atoms. The number of furan rings is 1. The highest BCUT2D eigenvalue weighted by Crippen LogP contribution is 2.20. The number of benzene rings is 1. The average Bonchev–Trinajstić information content (AvgIpc) is 3.26. The quantitative estimate of drug-likeness (QED) is 0.778. The van der Waals surface area contributed by atoms with E-state index in [2.05, 4.69) is 16.6 Å². The summed E-state index contributed by atoms with van der Waals surface area (Å²) in [7, 11) is 0. The highest BCUT2D eigenvalue weighted by molar-refractivity contribution is 5.98. The molecule has 0 spiro atoms. The van der Waals surface area contributed by atoms with Crippen LogP contribution >= 0.6 is 0 Å². The topological polar surface area (TPSA) is 91.7 Å². The summed E-state index contributed by atoms with van der Waals surface area (Å²) in [5, 5.41) is 5.30. The summed E-state index contributed by atoms with van der Waals surface area (Å²) < 4.78 is 5.16. The van der Waals surface area contributed by atoms with E-state index in [1.54, 1.807) is 36.4 Å². The molecule has 7 heteroatoms. The molecule has 1 unspecified atom stereocenters. The predicted molar refractivity (Wildman–Crippen MR) is 103 cm³/mol. The van der Waals surface area contributed by atoms with E-state index in [0.29, 0.717) is 24.2 Å². The predicted octanol–water partition coefficient (Wildman–Crippen LogP) is 2.01. The highest BCUT2D eigenvalue weighted by Gasteiger charge is 2.33. The molecule has 1 aromatic heterocycles. The molecule has 3 amide bonds. The molecule has 2 N–H and O–H groups in total. The number of amides is 3. The van der Waals surface area contributed by atoms with E-state index >= 15 is 0 Å². The smallest absolute Gasteiger partial charge is 0.290 e. The van der Waals surface area contributed by atoms with Crippen molar-refractivity contribution in [1.29, 1.82) is 0 Å². The number of hydrogen-bond donors (Lipinski definition) is 2. The zero-order chi connectivity index (χ0) is 19.9. The first-order valence-electron chi connectivity index (χ1n) is 9.07. The van der Waals surface area contributed by atoms with Gasteiger partial charge in [0, 0.05) is 17.8 Å². The van der Waals surface area contributed by atoms with Crippen LogP contribution in [0.3, 0.4) is 0 Å². The van der Waals surface area contributed by atoms with Crippen molar-refractivity contribution in [1.82, 2.24) is 10.2 Å². The fraction of sp³-hybridized carbons (Fsp3) is 0.286. The van der Waals surface area contributed by atoms with Crippen molar-refractivity contribution in [2.45, 2.75) is 25.3 Å². The molecular formula is C21H21N3O4. The third kappa shape index (κ3) is 4.60. The fourth-order valence-electron chi connectivity index (χ4n) is 3.17. The van der Waals surface area contributed by atoms with Crippen LogP contribution in [0.2, 0.25) is 0 Å². The molecule has 0 aliphatic carbocycles. The number of carbonyl (C=O) groups is 3. The van der Waals surface area contributed by atoms with Crippen LogP contribution in [0.4, 0.5) is 5.69 Å². The number of nitrogens with one attached hydrogen (secondary N) is 2. The van der Waals surface area contributed by atoms with Gasteiger partial charge >= 0.3 is 0 Å². The number of anilines is 1. The Labute approximate surface area is 163 Å². The molecule has 28 heavy (non-hydrogen) atoms. The summed E-state index contributed by atoms with van der Waals surface area (Å²) in [6, 6.07) is 9.46. The second kappa shape index (κ2) is 8.91. The third-order valence-corrected chi connectivity index (χ3v) is 4.53. The zero-order valence-electron chi connectivity index (χ0n) is 15.3. The first-order chi connectivity index (χ1) is 13.6. The Morgan fingerprint density at radius 1 is 1.21 bits per heavy atom. The number of nitrogens with zero attached hydrogens (tertiary/aromatic N) is 1. The van der Waals surface area contributed by atoms with E-state index in [9.17, 15) is 14.4 Å². The van der Waals surface area contributed by atoms with Gasteiger partial charge in [0.25, 0.3) is 5.91 Å². The van der Waals surface area contributed by atoms with Gasteiger partial charge in [0.1, 0.15) is 6.04 Å². The summed E-state index contributed by atoms with van der Waals surface area (Å²) in [5.41, 5.74) is 1.21. The SMILES string of the molecule is C#Cc1cccc(NC(=O)CNC(=O)C2CCCCN2C(=O)c2ccco2)c1. The van der Waals surface area contributed by atoms with E-state index in [-0.39, 0.29) is 30.0 Å². The lowest BCUT2D eigenvalue weighted by atomic mass is 10.0. The van der Waals surface area contributed by atoms with Crippen LogP contribution in [-0.4, -0.2) is 41.8 Å². The molecule has 2 aromatic rings. The van der Waals surface area contributed by atoms with Gasteiger partial charge in [0.05, 0.1) is 12.8 Å². The van der Waals surface area contributed by atoms with Crippen molar-refractivity contribution in [3.63, 3.8) is 0 Å². The maximum atomic E-state index is 12.6. The Hall–Kier alpha value is -3.53. The van der Waals surface area contributed by atoms with Crippen molar-refractivity contribution in [2.75, 3.05) is 18.4 Å². The normalized spacial score (nSPS) is 16.1. The van der Waals surface area contributed by atoms with Crippen LogP contribution in [0.15, 0.2) is 47.1 Å². The van der Waals surface area contributed by atoms with E-state index in [1.807, 2.05) is 0 Å². The molecule has 1 aliphatic rings. The molecule has 1 fully saturated rings. The monoisotopic (exact) mass is 379 g/mol. The minimum Gasteiger partial charge on any atom is -0.459 e. The van der Waals surface area contributed by atoms with Crippen molar-refractivity contribution >= 4 is 23.4 Å². The number of likely N-dealkylation sites (tertiary alicyclic amines) is 1. The Balaban J connectivity index is 1.57. The van der Waals surface area contributed by atoms with Crippen molar-refractivity contribution < 1.29 is 18.8 Å². The molecule has 1 saturated heterocycles. The summed E-state index contributed by atoms with van der Waals surface area (Å²) >= 11 is 0. The van der Waals surface area contributed by atoms with Gasteiger partial charge in [-0.3, -0.25) is 14.4 Å². The summed E-state index contributed by atoms with van der Waals surface area (Å²) in [4.78, 5) is 38.8. The molecule has 2 heterocycles. The van der Waals surface area contributed by atoms with Gasteiger partial charge < -0.3 is 20.0 Å². The molecule has 1 aliphatic heterocycles. The first kappa shape index (κ1) is 19.2. The Morgan fingerprint density at radius 3 is 2.82 bits per heavy atom. The van der Waals surface area contributed by atoms with Crippen molar-refractivity contribution in [3.8, 4) is 12.3 Å². The number of carbonyl (C=O) groups excluding carboxylic acids is 3. The lowest BCUT2D eigenvalue weighted by Crippen LogP contribution is -2.52. The number of hydrogen-bond acceptors (Lipinski definition) is 4. The van der Waals surface area contributed by atoms with Crippen molar-refractivity contribution in [2.24, 2.45) is 0 Å². The Bertz CT molecular complexity index is 899. The van der Waals surface area contributed by atoms with Gasteiger partial charge in [0.15, 0.2) is 5.76 Å². The van der Waals surface area contributed by atoms with Crippen LogP contribution < -0.4 is 10.6 Å². The third-order valence-electron chi connectivity index (χ3n) is 4.53. The van der Waals surface area contributed by atoms with Crippen LogP contribution in [0.25, 0.3) is 0 Å². The molecule has 7 nitrogen and oxygen atoms in total. The van der Waals surface area contributed by atoms with Gasteiger partial charge in [-0.25, -0.2) is 0 Å². The maximum Gasteiger partial charge on any atom is 0.290 e. The fourth-order valence-corrected chi connectivity index (χ4v) is 3.17. The minimum atomic E-state index is -0.621. The minimum absolute atomic E-state index is 0.196. The standard InChI is InChI=1S/C21H21N3O4/c1-2-15-7-5-8-16(13-15)23-19(25)14-22-20(26)17-9-3-4-11-24(17)21(27)18-10-6-12-28-18/h1,5-8,10,12-13,17H,3-4,9,11,14H2,(H,22,26)(H,23,25). The van der Waals surface area contributed by atoms with E-state index in [1.165, 1.54) is 11.2 Å². The van der Waals surface area contributed by atoms with Gasteiger partial charge in [-0.15, -0.1) is 6.42 Å². The number of piperidine rings is 1. The van der Waals surface area contributed by atoms with Gasteiger partial charge in [-0.05, 0) is 49.6 Å². The van der Waals surface area contributed by atoms with Crippen LogP contribution in [0, 0.1) is 12.3 Å². The first-order valence-corrected chi connectivity index (χ1v) is 9.07. The summed E-state index contributed by atoms with van der Waals surface area (Å²) in [6.07, 6.45) is 8.97. The zero-order valence-corrected chi connectivity index (χ0v) is 15.3. The maximum absolute atomic E-state index is 12.6. The van der Waals surface area contributed by atoms with Crippen LogP contribution in [0.5, 0.6) is 0 Å². The Morgan fingerprint density at radius 2 is 2.07 bits per heavy atom. The summed E-state index contributed by atoms with van der Waals surface area (Å²) in [5.74, 6) is 1.65. The number of terminal acetylenes is 1. The van der Waals surface area contributed by atoms with Crippen LogP contribution in [-0.2, 0) is 9.59 Å². The molecule has 1 aromatic carbocycles. The van der Waals surface area contributed by atoms with Crippen LogP contribution in [0.1, 0.15) is 35.4 Å². The summed E-state index contributed by atoms with van der Waals surface area (Å²) in [6.45, 7) is 0.279. The number of rotatable bonds is 5. The molecule has 1 atom stereocenters. The van der Waals surface area contributed by atoms with Gasteiger partial charge in [0.2, 0.25) is 11.8 Å². The second-order valence-corrected chi connectivity index (χ2v) is 6.48. The van der Waals surface area contributed by atoms with E-state index in [4.69, 9.17) is 10.8 Å².